The zero-order chi connectivity index (χ0) is 19.5. The molecule has 0 aliphatic heterocycles. The summed E-state index contributed by atoms with van der Waals surface area (Å²) in [7, 11) is 0. The van der Waals surface area contributed by atoms with Gasteiger partial charge in [0.1, 0.15) is 11.7 Å². The molecule has 0 unspecified atom stereocenters. The second kappa shape index (κ2) is 5.94. The molecule has 0 saturated heterocycles. The number of hydrogen-bond donors (Lipinski definition) is 0. The third-order valence-corrected chi connectivity index (χ3v) is 5.79. The maximum atomic E-state index is 9.72. The van der Waals surface area contributed by atoms with Crippen molar-refractivity contribution in [1.29, 1.82) is 5.26 Å². The second-order valence-corrected chi connectivity index (χ2v) is 7.84. The minimum Gasteiger partial charge on any atom is -0.454 e. The predicted octanol–water partition coefficient (Wildman–Crippen LogP) is 6.71. The number of hydrogen-bond acceptors (Lipinski definition) is 3. The quantitative estimate of drug-likeness (QED) is 0.287. The second-order valence-electron chi connectivity index (χ2n) is 6.92. The summed E-state index contributed by atoms with van der Waals surface area (Å²) in [5, 5.41) is 14.0. The van der Waals surface area contributed by atoms with Crippen molar-refractivity contribution in [2.75, 3.05) is 0 Å². The molecular formula is C24H12BrN3O. The van der Waals surface area contributed by atoms with Crippen LogP contribution in [0.1, 0.15) is 5.69 Å². The van der Waals surface area contributed by atoms with Crippen LogP contribution >= 0.6 is 15.9 Å². The Bertz CT molecular complexity index is 1640. The Labute approximate surface area is 173 Å². The fourth-order valence-corrected chi connectivity index (χ4v) is 4.49. The van der Waals surface area contributed by atoms with Gasteiger partial charge in [-0.3, -0.25) is 0 Å². The normalized spacial score (nSPS) is 11.6. The minimum absolute atomic E-state index is 0.365. The summed E-state index contributed by atoms with van der Waals surface area (Å²) in [5.74, 6) is 0. The smallest absolute Gasteiger partial charge is 0.164 e. The van der Waals surface area contributed by atoms with Crippen LogP contribution in [0.5, 0.6) is 0 Å². The summed E-state index contributed by atoms with van der Waals surface area (Å²) in [4.78, 5) is 4.33. The van der Waals surface area contributed by atoms with Crippen molar-refractivity contribution in [1.82, 2.24) is 9.55 Å². The number of fused-ring (bicyclic) bond motifs is 7. The van der Waals surface area contributed by atoms with Gasteiger partial charge in [0.25, 0.3) is 0 Å². The molecule has 0 aliphatic rings. The molecule has 0 radical (unpaired) electrons. The van der Waals surface area contributed by atoms with E-state index < -0.39 is 0 Å². The van der Waals surface area contributed by atoms with Crippen LogP contribution < -0.4 is 0 Å². The molecule has 0 fully saturated rings. The SMILES string of the molecule is N#Cc1ncc(Br)cc1-n1c2ccccc2c2ccc3c4ccccc4oc3c21. The molecule has 0 saturated carbocycles. The number of rotatable bonds is 1. The van der Waals surface area contributed by atoms with Gasteiger partial charge in [-0.25, -0.2) is 4.98 Å². The molecule has 6 aromatic rings. The van der Waals surface area contributed by atoms with Crippen LogP contribution in [-0.2, 0) is 0 Å². The van der Waals surface area contributed by atoms with Crippen molar-refractivity contribution < 1.29 is 4.42 Å². The van der Waals surface area contributed by atoms with E-state index in [2.05, 4.69) is 61.9 Å². The third-order valence-electron chi connectivity index (χ3n) is 5.36. The lowest BCUT2D eigenvalue weighted by atomic mass is 10.1. The van der Waals surface area contributed by atoms with E-state index in [1.165, 1.54) is 0 Å². The molecular weight excluding hydrogens is 426 g/mol. The number of para-hydroxylation sites is 2. The number of halogens is 1. The van der Waals surface area contributed by atoms with Crippen LogP contribution in [0.15, 0.2) is 81.8 Å². The summed E-state index contributed by atoms with van der Waals surface area (Å²) in [6.07, 6.45) is 1.65. The number of aromatic nitrogens is 2. The number of pyridine rings is 1. The Morgan fingerprint density at radius 2 is 1.66 bits per heavy atom. The van der Waals surface area contributed by atoms with Gasteiger partial charge in [-0.05, 0) is 40.2 Å². The molecule has 136 valence electrons. The molecule has 0 bridgehead atoms. The summed E-state index contributed by atoms with van der Waals surface area (Å²) in [6.45, 7) is 0. The van der Waals surface area contributed by atoms with Gasteiger partial charge in [-0.1, -0.05) is 42.5 Å². The average Bonchev–Trinajstić information content (AvgIpc) is 3.29. The van der Waals surface area contributed by atoms with Gasteiger partial charge in [0.15, 0.2) is 11.3 Å². The standard InChI is InChI=1S/C24H12BrN3O/c25-14-11-21(19(12-26)27-13-14)28-20-7-3-1-5-15(20)17-9-10-18-16-6-2-4-8-22(16)29-24(18)23(17)28/h1-11,13H. The fourth-order valence-electron chi connectivity index (χ4n) is 4.17. The predicted molar refractivity (Wildman–Crippen MR) is 118 cm³/mol. The largest absolute Gasteiger partial charge is 0.454 e. The van der Waals surface area contributed by atoms with Crippen molar-refractivity contribution in [3.05, 3.63) is 83.1 Å². The Morgan fingerprint density at radius 1 is 0.897 bits per heavy atom. The van der Waals surface area contributed by atoms with Crippen LogP contribution in [0, 0.1) is 11.3 Å². The van der Waals surface area contributed by atoms with Gasteiger partial charge in [0.2, 0.25) is 0 Å². The highest BCUT2D eigenvalue weighted by Crippen LogP contribution is 2.40. The van der Waals surface area contributed by atoms with Crippen molar-refractivity contribution in [3.8, 4) is 11.8 Å². The molecule has 3 aromatic carbocycles. The zero-order valence-electron chi connectivity index (χ0n) is 15.1. The lowest BCUT2D eigenvalue weighted by Gasteiger charge is -2.09. The van der Waals surface area contributed by atoms with E-state index in [9.17, 15) is 5.26 Å². The van der Waals surface area contributed by atoms with Crippen molar-refractivity contribution in [2.45, 2.75) is 0 Å². The molecule has 0 N–H and O–H groups in total. The van der Waals surface area contributed by atoms with Gasteiger partial charge < -0.3 is 8.98 Å². The van der Waals surface area contributed by atoms with E-state index in [4.69, 9.17) is 4.42 Å². The van der Waals surface area contributed by atoms with E-state index >= 15 is 0 Å². The molecule has 3 heterocycles. The highest BCUT2D eigenvalue weighted by atomic mass is 79.9. The van der Waals surface area contributed by atoms with E-state index in [-0.39, 0.29) is 0 Å². The first-order chi connectivity index (χ1) is 14.3. The van der Waals surface area contributed by atoms with E-state index in [0.29, 0.717) is 5.69 Å². The minimum atomic E-state index is 0.365. The molecule has 0 spiro atoms. The molecule has 0 amide bonds. The molecule has 0 aliphatic carbocycles. The summed E-state index contributed by atoms with van der Waals surface area (Å²) >= 11 is 3.51. The lowest BCUT2D eigenvalue weighted by Crippen LogP contribution is -2.00. The van der Waals surface area contributed by atoms with Crippen LogP contribution in [0.4, 0.5) is 0 Å². The van der Waals surface area contributed by atoms with Crippen LogP contribution in [0.2, 0.25) is 0 Å². The Kier molecular flexibility index (Phi) is 3.35. The maximum Gasteiger partial charge on any atom is 0.164 e. The van der Waals surface area contributed by atoms with Crippen molar-refractivity contribution in [2.24, 2.45) is 0 Å². The first-order valence-corrected chi connectivity index (χ1v) is 9.95. The Morgan fingerprint density at radius 3 is 2.52 bits per heavy atom. The van der Waals surface area contributed by atoms with E-state index in [1.54, 1.807) is 6.20 Å². The van der Waals surface area contributed by atoms with Crippen LogP contribution in [0.3, 0.4) is 0 Å². The van der Waals surface area contributed by atoms with Gasteiger partial charge in [-0.15, -0.1) is 0 Å². The van der Waals surface area contributed by atoms with Gasteiger partial charge >= 0.3 is 0 Å². The van der Waals surface area contributed by atoms with E-state index in [0.717, 1.165) is 53.9 Å². The number of nitriles is 1. The average molecular weight is 438 g/mol. The van der Waals surface area contributed by atoms with Crippen molar-refractivity contribution >= 4 is 59.7 Å². The maximum absolute atomic E-state index is 9.72. The lowest BCUT2D eigenvalue weighted by molar-refractivity contribution is 0.671. The monoisotopic (exact) mass is 437 g/mol. The first-order valence-electron chi connectivity index (χ1n) is 9.15. The summed E-state index contributed by atoms with van der Waals surface area (Å²) in [5.41, 5.74) is 4.69. The van der Waals surface area contributed by atoms with Crippen molar-refractivity contribution in [3.63, 3.8) is 0 Å². The Hall–Kier alpha value is -3.62. The van der Waals surface area contributed by atoms with Gasteiger partial charge in [0.05, 0.1) is 16.7 Å². The third kappa shape index (κ3) is 2.21. The summed E-state index contributed by atoms with van der Waals surface area (Å²) in [6, 6.07) is 24.6. The molecule has 5 heteroatoms. The molecule has 4 nitrogen and oxygen atoms in total. The number of benzene rings is 3. The highest BCUT2D eigenvalue weighted by Gasteiger charge is 2.20. The summed E-state index contributed by atoms with van der Waals surface area (Å²) < 4.78 is 9.23. The molecule has 0 atom stereocenters. The zero-order valence-corrected chi connectivity index (χ0v) is 16.6. The van der Waals surface area contributed by atoms with Gasteiger partial charge in [0, 0.05) is 32.2 Å². The van der Waals surface area contributed by atoms with Crippen LogP contribution in [0.25, 0.3) is 49.4 Å². The first kappa shape index (κ1) is 16.3. The van der Waals surface area contributed by atoms with Crippen LogP contribution in [-0.4, -0.2) is 9.55 Å². The molecule has 3 aromatic heterocycles. The highest BCUT2D eigenvalue weighted by molar-refractivity contribution is 9.10. The fraction of sp³-hybridized carbons (Fsp3) is 0. The Balaban J connectivity index is 1.91. The topological polar surface area (TPSA) is 54.8 Å². The van der Waals surface area contributed by atoms with E-state index in [1.807, 2.05) is 36.4 Å². The molecule has 29 heavy (non-hydrogen) atoms. The number of furan rings is 1. The molecule has 6 rings (SSSR count). The van der Waals surface area contributed by atoms with Gasteiger partial charge in [-0.2, -0.15) is 5.26 Å². The number of nitrogens with zero attached hydrogens (tertiary/aromatic N) is 3.